The van der Waals surface area contributed by atoms with E-state index in [1.54, 1.807) is 39.2 Å². The van der Waals surface area contributed by atoms with Crippen LogP contribution in [0.2, 0.25) is 0 Å². The highest BCUT2D eigenvalue weighted by Gasteiger charge is 2.41. The van der Waals surface area contributed by atoms with Crippen LogP contribution in [0.3, 0.4) is 0 Å². The first kappa shape index (κ1) is 22.2. The first-order valence-corrected chi connectivity index (χ1v) is 10.3. The molecule has 1 N–H and O–H groups in total. The Morgan fingerprint density at radius 3 is 2.64 bits per heavy atom. The van der Waals surface area contributed by atoms with Gasteiger partial charge in [0.05, 0.1) is 18.6 Å². The summed E-state index contributed by atoms with van der Waals surface area (Å²) in [4.78, 5) is 26.0. The molecule has 0 radical (unpaired) electrons. The van der Waals surface area contributed by atoms with E-state index >= 15 is 0 Å². The number of thiocarbonyl (C=S) groups is 1. The Kier molecular flexibility index (Phi) is 7.88. The summed E-state index contributed by atoms with van der Waals surface area (Å²) in [6.07, 6.45) is 3.68. The number of thioether (sulfide) groups is 1. The van der Waals surface area contributed by atoms with Gasteiger partial charge in [0.2, 0.25) is 0 Å². The van der Waals surface area contributed by atoms with Crippen molar-refractivity contribution in [2.75, 3.05) is 13.7 Å². The number of amides is 1. The van der Waals surface area contributed by atoms with Gasteiger partial charge in [0.25, 0.3) is 5.91 Å². The highest BCUT2D eigenvalue weighted by atomic mass is 32.2. The van der Waals surface area contributed by atoms with E-state index in [-0.39, 0.29) is 10.2 Å². The number of benzene rings is 1. The van der Waals surface area contributed by atoms with Crippen LogP contribution in [0.15, 0.2) is 23.1 Å². The number of nitrogens with zero attached hydrogens (tertiary/aromatic N) is 1. The Labute approximate surface area is 174 Å². The molecular formula is C20H25NO5S2. The van der Waals surface area contributed by atoms with Gasteiger partial charge >= 0.3 is 5.97 Å². The summed E-state index contributed by atoms with van der Waals surface area (Å²) < 4.78 is 11.4. The van der Waals surface area contributed by atoms with Gasteiger partial charge < -0.3 is 14.6 Å². The minimum absolute atomic E-state index is 0.254. The van der Waals surface area contributed by atoms with E-state index < -0.39 is 17.9 Å². The van der Waals surface area contributed by atoms with E-state index in [9.17, 15) is 14.7 Å². The predicted molar refractivity (Wildman–Crippen MR) is 115 cm³/mol. The monoisotopic (exact) mass is 423 g/mol. The molecule has 1 aliphatic rings. The second kappa shape index (κ2) is 9.93. The lowest BCUT2D eigenvalue weighted by Crippen LogP contribution is -2.47. The molecule has 1 heterocycles. The summed E-state index contributed by atoms with van der Waals surface area (Å²) in [6.45, 7) is 6.21. The normalized spacial score (nSPS) is 16.8. The van der Waals surface area contributed by atoms with Gasteiger partial charge in [0, 0.05) is 0 Å². The molecule has 0 spiro atoms. The summed E-state index contributed by atoms with van der Waals surface area (Å²) in [5.74, 6) is -0.502. The molecule has 1 aliphatic heterocycles. The summed E-state index contributed by atoms with van der Waals surface area (Å²) in [5.41, 5.74) is 0.747. The molecule has 8 heteroatoms. The van der Waals surface area contributed by atoms with E-state index in [2.05, 4.69) is 6.92 Å². The van der Waals surface area contributed by atoms with Crippen molar-refractivity contribution in [1.29, 1.82) is 0 Å². The Morgan fingerprint density at radius 2 is 2.07 bits per heavy atom. The average molecular weight is 424 g/mol. The number of aliphatic carboxylic acids is 1. The predicted octanol–water partition coefficient (Wildman–Crippen LogP) is 4.18. The fourth-order valence-electron chi connectivity index (χ4n) is 2.78. The lowest BCUT2D eigenvalue weighted by atomic mass is 10.0. The van der Waals surface area contributed by atoms with Crippen molar-refractivity contribution in [2.24, 2.45) is 5.92 Å². The van der Waals surface area contributed by atoms with Crippen molar-refractivity contribution in [2.45, 2.75) is 39.7 Å². The fraction of sp³-hybridized carbons (Fsp3) is 0.450. The maximum absolute atomic E-state index is 12.8. The zero-order chi connectivity index (χ0) is 20.8. The lowest BCUT2D eigenvalue weighted by Gasteiger charge is -2.26. The third-order valence-corrected chi connectivity index (χ3v) is 5.56. The molecule has 1 saturated heterocycles. The van der Waals surface area contributed by atoms with Crippen LogP contribution in [-0.2, 0) is 9.59 Å². The average Bonchev–Trinajstić information content (AvgIpc) is 2.90. The smallest absolute Gasteiger partial charge is 0.327 e. The number of carboxylic acids is 1. The Morgan fingerprint density at radius 1 is 1.36 bits per heavy atom. The number of unbranched alkanes of at least 4 members (excludes halogenated alkanes) is 1. The van der Waals surface area contributed by atoms with Crippen LogP contribution in [0, 0.1) is 5.92 Å². The number of rotatable bonds is 9. The van der Waals surface area contributed by atoms with E-state index in [4.69, 9.17) is 21.7 Å². The number of carbonyl (C=O) groups excluding carboxylic acids is 1. The molecule has 6 nitrogen and oxygen atoms in total. The minimum Gasteiger partial charge on any atom is -0.493 e. The van der Waals surface area contributed by atoms with Gasteiger partial charge in [0.1, 0.15) is 10.4 Å². The van der Waals surface area contributed by atoms with Crippen LogP contribution < -0.4 is 9.47 Å². The molecule has 1 amide bonds. The van der Waals surface area contributed by atoms with E-state index in [0.717, 1.165) is 30.2 Å². The third-order valence-electron chi connectivity index (χ3n) is 4.23. The first-order chi connectivity index (χ1) is 13.3. The number of hydrogen-bond acceptors (Lipinski definition) is 6. The van der Waals surface area contributed by atoms with E-state index in [1.807, 2.05) is 6.07 Å². The SMILES string of the molecule is CCCCOc1ccc(/C=C2\SC(=S)N([C@H](C(=O)O)C(C)C)C2=O)cc1OC. The van der Waals surface area contributed by atoms with Crippen LogP contribution in [-0.4, -0.2) is 46.0 Å². The Balaban J connectivity index is 2.27. The Hall–Kier alpha value is -2.06. The number of methoxy groups -OCH3 is 1. The van der Waals surface area contributed by atoms with Crippen LogP contribution in [0.5, 0.6) is 11.5 Å². The summed E-state index contributed by atoms with van der Waals surface area (Å²) in [7, 11) is 1.56. The maximum atomic E-state index is 12.8. The molecule has 2 rings (SSSR count). The van der Waals surface area contributed by atoms with E-state index in [1.165, 1.54) is 4.90 Å². The van der Waals surface area contributed by atoms with Gasteiger partial charge in [0.15, 0.2) is 11.5 Å². The quantitative estimate of drug-likeness (QED) is 0.363. The van der Waals surface area contributed by atoms with Gasteiger partial charge in [-0.2, -0.15) is 0 Å². The fourth-order valence-corrected chi connectivity index (χ4v) is 4.11. The second-order valence-corrected chi connectivity index (χ2v) is 8.37. The molecule has 1 aromatic carbocycles. The lowest BCUT2D eigenvalue weighted by molar-refractivity contribution is -0.146. The van der Waals surface area contributed by atoms with Gasteiger partial charge in [-0.1, -0.05) is 57.2 Å². The standard InChI is InChI=1S/C20H25NO5S2/c1-5-6-9-26-14-8-7-13(10-15(14)25-4)11-16-18(22)21(20(27)28-16)17(12(2)3)19(23)24/h7-8,10-12,17H,5-6,9H2,1-4H3,(H,23,24)/b16-11-/t17-/m0/s1. The molecule has 152 valence electrons. The topological polar surface area (TPSA) is 76.1 Å². The minimum atomic E-state index is -1.07. The van der Waals surface area contributed by atoms with Crippen molar-refractivity contribution in [3.63, 3.8) is 0 Å². The Bertz CT molecular complexity index is 791. The van der Waals surface area contributed by atoms with Gasteiger partial charge in [-0.3, -0.25) is 9.69 Å². The summed E-state index contributed by atoms with van der Waals surface area (Å²) in [6, 6.07) is 4.43. The molecular weight excluding hydrogens is 398 g/mol. The maximum Gasteiger partial charge on any atom is 0.327 e. The van der Waals surface area contributed by atoms with Crippen molar-refractivity contribution in [3.8, 4) is 11.5 Å². The number of ether oxygens (including phenoxy) is 2. The molecule has 1 fully saturated rings. The van der Waals surface area contributed by atoms with Crippen LogP contribution in [0.25, 0.3) is 6.08 Å². The molecule has 1 atom stereocenters. The molecule has 28 heavy (non-hydrogen) atoms. The van der Waals surface area contributed by atoms with E-state index in [0.29, 0.717) is 23.0 Å². The molecule has 0 saturated carbocycles. The highest BCUT2D eigenvalue weighted by molar-refractivity contribution is 8.26. The molecule has 0 bridgehead atoms. The zero-order valence-corrected chi connectivity index (χ0v) is 18.1. The van der Waals surface area contributed by atoms with Gasteiger partial charge in [-0.25, -0.2) is 4.79 Å². The number of carbonyl (C=O) groups is 2. The van der Waals surface area contributed by atoms with Crippen LogP contribution in [0.4, 0.5) is 0 Å². The molecule has 0 aromatic heterocycles. The largest absolute Gasteiger partial charge is 0.493 e. The van der Waals surface area contributed by atoms with Crippen molar-refractivity contribution in [3.05, 3.63) is 28.7 Å². The second-order valence-electron chi connectivity index (χ2n) is 6.69. The summed E-state index contributed by atoms with van der Waals surface area (Å²) in [5, 5.41) is 9.49. The van der Waals surface area contributed by atoms with Gasteiger partial charge in [-0.15, -0.1) is 0 Å². The molecule has 0 unspecified atom stereocenters. The zero-order valence-electron chi connectivity index (χ0n) is 16.4. The molecule has 1 aromatic rings. The van der Waals surface area contributed by atoms with Crippen molar-refractivity contribution in [1.82, 2.24) is 4.90 Å². The summed E-state index contributed by atoms with van der Waals surface area (Å²) >= 11 is 6.38. The molecule has 0 aliphatic carbocycles. The first-order valence-electron chi connectivity index (χ1n) is 9.10. The van der Waals surface area contributed by atoms with Crippen LogP contribution in [0.1, 0.15) is 39.2 Å². The third kappa shape index (κ3) is 5.05. The number of carboxylic acid groups (broad SMARTS) is 1. The van der Waals surface area contributed by atoms with Crippen molar-refractivity contribution >= 4 is 46.3 Å². The van der Waals surface area contributed by atoms with Crippen LogP contribution >= 0.6 is 24.0 Å². The highest BCUT2D eigenvalue weighted by Crippen LogP contribution is 2.36. The number of hydrogen-bond donors (Lipinski definition) is 1. The van der Waals surface area contributed by atoms with Crippen molar-refractivity contribution < 1.29 is 24.2 Å². The van der Waals surface area contributed by atoms with Gasteiger partial charge in [-0.05, 0) is 36.1 Å².